The van der Waals surface area contributed by atoms with Crippen molar-refractivity contribution < 1.29 is 13.2 Å². The molecule has 2 aromatic carbocycles. The molecule has 0 bridgehead atoms. The monoisotopic (exact) mass is 399 g/mol. The summed E-state index contributed by atoms with van der Waals surface area (Å²) in [5.41, 5.74) is 1.06. The molecule has 0 aliphatic carbocycles. The van der Waals surface area contributed by atoms with Crippen molar-refractivity contribution >= 4 is 27.1 Å². The van der Waals surface area contributed by atoms with Crippen LogP contribution in [0.5, 0.6) is 0 Å². The predicted molar refractivity (Wildman–Crippen MR) is 109 cm³/mol. The Balaban J connectivity index is 1.76. The molecule has 27 heavy (non-hydrogen) atoms. The Kier molecular flexibility index (Phi) is 6.08. The average Bonchev–Trinajstić information content (AvgIpc) is 3.21. The predicted octanol–water partition coefficient (Wildman–Crippen LogP) is 4.60. The highest BCUT2D eigenvalue weighted by Crippen LogP contribution is 2.22. The molecule has 1 aromatic heterocycles. The third kappa shape index (κ3) is 4.84. The highest BCUT2D eigenvalue weighted by Gasteiger charge is 2.18. The van der Waals surface area contributed by atoms with Gasteiger partial charge in [0.25, 0.3) is 5.91 Å². The molecule has 1 atom stereocenters. The van der Waals surface area contributed by atoms with Gasteiger partial charge in [0.1, 0.15) is 0 Å². The van der Waals surface area contributed by atoms with E-state index in [1.165, 1.54) is 0 Å². The first-order valence-corrected chi connectivity index (χ1v) is 11.2. The molecule has 1 heterocycles. The highest BCUT2D eigenvalue weighted by atomic mass is 32.2. The van der Waals surface area contributed by atoms with E-state index in [0.717, 1.165) is 11.3 Å². The first-order chi connectivity index (χ1) is 13.0. The number of hydrogen-bond acceptors (Lipinski definition) is 4. The molecule has 1 N–H and O–H groups in total. The zero-order chi connectivity index (χ0) is 19.3. The van der Waals surface area contributed by atoms with Crippen LogP contribution in [0.1, 0.15) is 40.2 Å². The maximum atomic E-state index is 12.6. The van der Waals surface area contributed by atoms with E-state index in [9.17, 15) is 13.2 Å². The van der Waals surface area contributed by atoms with Crippen molar-refractivity contribution in [2.24, 2.45) is 0 Å². The summed E-state index contributed by atoms with van der Waals surface area (Å²) in [6.07, 6.45) is 0.786. The smallest absolute Gasteiger partial charge is 0.251 e. The number of rotatable bonds is 7. The molecule has 0 fully saturated rings. The van der Waals surface area contributed by atoms with E-state index in [0.29, 0.717) is 11.1 Å². The van der Waals surface area contributed by atoms with Gasteiger partial charge in [-0.25, -0.2) is 8.42 Å². The van der Waals surface area contributed by atoms with Gasteiger partial charge in [-0.1, -0.05) is 43.3 Å². The lowest BCUT2D eigenvalue weighted by Gasteiger charge is -2.16. The molecule has 0 aliphatic rings. The van der Waals surface area contributed by atoms with Crippen LogP contribution in [0.4, 0.5) is 0 Å². The van der Waals surface area contributed by atoms with Gasteiger partial charge in [0.05, 0.1) is 16.7 Å². The Morgan fingerprint density at radius 2 is 1.81 bits per heavy atom. The Labute approximate surface area is 163 Å². The quantitative estimate of drug-likeness (QED) is 0.631. The molecule has 0 saturated heterocycles. The number of hydrogen-bond donors (Lipinski definition) is 1. The van der Waals surface area contributed by atoms with Gasteiger partial charge in [-0.05, 0) is 47.7 Å². The fraction of sp³-hybridized carbons (Fsp3) is 0.190. The fourth-order valence-electron chi connectivity index (χ4n) is 2.84. The van der Waals surface area contributed by atoms with Crippen LogP contribution < -0.4 is 5.32 Å². The van der Waals surface area contributed by atoms with E-state index in [2.05, 4.69) is 5.32 Å². The number of benzene rings is 2. The molecular weight excluding hydrogens is 378 g/mol. The summed E-state index contributed by atoms with van der Waals surface area (Å²) in [4.78, 5) is 14.0. The average molecular weight is 400 g/mol. The zero-order valence-electron chi connectivity index (χ0n) is 15.0. The van der Waals surface area contributed by atoms with Gasteiger partial charge >= 0.3 is 0 Å². The molecule has 140 valence electrons. The first kappa shape index (κ1) is 19.3. The van der Waals surface area contributed by atoms with Crippen LogP contribution in [0.3, 0.4) is 0 Å². The van der Waals surface area contributed by atoms with Crippen LogP contribution >= 0.6 is 11.3 Å². The molecule has 4 nitrogen and oxygen atoms in total. The first-order valence-electron chi connectivity index (χ1n) is 8.70. The third-order valence-electron chi connectivity index (χ3n) is 4.25. The Morgan fingerprint density at radius 1 is 1.04 bits per heavy atom. The molecule has 3 rings (SSSR count). The second kappa shape index (κ2) is 8.50. The fourth-order valence-corrected chi connectivity index (χ4v) is 5.06. The van der Waals surface area contributed by atoms with Gasteiger partial charge in [-0.3, -0.25) is 4.79 Å². The molecule has 0 saturated carbocycles. The molecule has 0 radical (unpaired) electrons. The molecule has 3 aromatic rings. The van der Waals surface area contributed by atoms with Crippen LogP contribution in [0.25, 0.3) is 0 Å². The van der Waals surface area contributed by atoms with Crippen molar-refractivity contribution in [2.45, 2.75) is 30.0 Å². The number of carbonyl (C=O) groups is 1. The number of carbonyl (C=O) groups excluding carboxylic acids is 1. The van der Waals surface area contributed by atoms with Crippen molar-refractivity contribution in [1.29, 1.82) is 0 Å². The zero-order valence-corrected chi connectivity index (χ0v) is 16.6. The van der Waals surface area contributed by atoms with E-state index in [4.69, 9.17) is 0 Å². The van der Waals surface area contributed by atoms with Crippen molar-refractivity contribution in [3.63, 3.8) is 0 Å². The third-order valence-corrected chi connectivity index (χ3v) is 6.94. The van der Waals surface area contributed by atoms with Crippen molar-refractivity contribution in [3.05, 3.63) is 88.1 Å². The summed E-state index contributed by atoms with van der Waals surface area (Å²) >= 11 is 1.61. The maximum absolute atomic E-state index is 12.6. The van der Waals surface area contributed by atoms with E-state index >= 15 is 0 Å². The van der Waals surface area contributed by atoms with E-state index in [1.807, 2.05) is 24.4 Å². The SMILES string of the molecule is CC[C@@H](NC(=O)c1cccc(CS(=O)(=O)c2ccccc2)c1)c1cccs1. The highest BCUT2D eigenvalue weighted by molar-refractivity contribution is 7.90. The maximum Gasteiger partial charge on any atom is 0.251 e. The van der Waals surface area contributed by atoms with Crippen LogP contribution in [0, 0.1) is 0 Å². The summed E-state index contributed by atoms with van der Waals surface area (Å²) in [5.74, 6) is -0.338. The topological polar surface area (TPSA) is 63.2 Å². The molecule has 0 aliphatic heterocycles. The molecule has 0 spiro atoms. The summed E-state index contributed by atoms with van der Waals surface area (Å²) in [6.45, 7) is 2.02. The van der Waals surface area contributed by atoms with Gasteiger partial charge in [0.15, 0.2) is 9.84 Å². The van der Waals surface area contributed by atoms with Crippen LogP contribution in [-0.2, 0) is 15.6 Å². The second-order valence-corrected chi connectivity index (χ2v) is 9.19. The molecule has 0 unspecified atom stereocenters. The normalized spacial score (nSPS) is 12.5. The number of sulfone groups is 1. The van der Waals surface area contributed by atoms with E-state index < -0.39 is 9.84 Å². The molecular formula is C21H21NO3S2. The summed E-state index contributed by atoms with van der Waals surface area (Å²) in [5, 5.41) is 5.01. The standard InChI is InChI=1S/C21H21NO3S2/c1-2-19(20-12-7-13-26-20)22-21(23)17-9-6-8-16(14-17)15-27(24,25)18-10-4-3-5-11-18/h3-14,19H,2,15H2,1H3,(H,22,23)/t19-/m1/s1. The molecule has 6 heteroatoms. The summed E-state index contributed by atoms with van der Waals surface area (Å²) in [6, 6.07) is 19.1. The van der Waals surface area contributed by atoms with Crippen molar-refractivity contribution in [1.82, 2.24) is 5.32 Å². The number of nitrogens with one attached hydrogen (secondary N) is 1. The minimum Gasteiger partial charge on any atom is -0.344 e. The summed E-state index contributed by atoms with van der Waals surface area (Å²) in [7, 11) is -3.45. The lowest BCUT2D eigenvalue weighted by atomic mass is 10.1. The minimum atomic E-state index is -3.45. The molecule has 1 amide bonds. The van der Waals surface area contributed by atoms with Crippen LogP contribution in [-0.4, -0.2) is 14.3 Å². The number of thiophene rings is 1. The van der Waals surface area contributed by atoms with Gasteiger partial charge in [-0.2, -0.15) is 0 Å². The number of amides is 1. The summed E-state index contributed by atoms with van der Waals surface area (Å²) < 4.78 is 25.1. The minimum absolute atomic E-state index is 0.0470. The van der Waals surface area contributed by atoms with Gasteiger partial charge < -0.3 is 5.32 Å². The second-order valence-electron chi connectivity index (χ2n) is 6.22. The van der Waals surface area contributed by atoms with Crippen LogP contribution in [0.15, 0.2) is 77.0 Å². The van der Waals surface area contributed by atoms with Crippen molar-refractivity contribution in [2.75, 3.05) is 0 Å². The van der Waals surface area contributed by atoms with Gasteiger partial charge in [0.2, 0.25) is 0 Å². The lowest BCUT2D eigenvalue weighted by molar-refractivity contribution is 0.0936. The Bertz CT molecular complexity index is 997. The van der Waals surface area contributed by atoms with Gasteiger partial charge in [0, 0.05) is 10.4 Å². The Morgan fingerprint density at radius 3 is 2.48 bits per heavy atom. The largest absolute Gasteiger partial charge is 0.344 e. The van der Waals surface area contributed by atoms with E-state index in [1.54, 1.807) is 65.9 Å². The Hall–Kier alpha value is -2.44. The van der Waals surface area contributed by atoms with Gasteiger partial charge in [-0.15, -0.1) is 11.3 Å². The lowest BCUT2D eigenvalue weighted by Crippen LogP contribution is -2.27. The van der Waals surface area contributed by atoms with E-state index in [-0.39, 0.29) is 22.6 Å². The van der Waals surface area contributed by atoms with Crippen molar-refractivity contribution in [3.8, 4) is 0 Å². The van der Waals surface area contributed by atoms with Crippen LogP contribution in [0.2, 0.25) is 0 Å².